The summed E-state index contributed by atoms with van der Waals surface area (Å²) < 4.78 is 5.40. The number of H-pyrrole nitrogens is 1. The molecule has 100 valence electrons. The van der Waals surface area contributed by atoms with Crippen LogP contribution in [-0.2, 0) is 4.74 Å². The Labute approximate surface area is 117 Å². The van der Waals surface area contributed by atoms with Crippen LogP contribution < -0.4 is 0 Å². The number of ether oxygens (including phenoxy) is 1. The molecule has 1 heterocycles. The highest BCUT2D eigenvalue weighted by molar-refractivity contribution is 6.30. The van der Waals surface area contributed by atoms with Crippen molar-refractivity contribution in [3.63, 3.8) is 0 Å². The van der Waals surface area contributed by atoms with Crippen LogP contribution in [-0.4, -0.2) is 27.9 Å². The van der Waals surface area contributed by atoms with Gasteiger partial charge in [-0.15, -0.1) is 0 Å². The van der Waals surface area contributed by atoms with Gasteiger partial charge in [0.1, 0.15) is 5.82 Å². The molecule has 4 nitrogen and oxygen atoms in total. The van der Waals surface area contributed by atoms with Gasteiger partial charge in [0, 0.05) is 10.6 Å². The predicted octanol–water partition coefficient (Wildman–Crippen LogP) is 3.56. The van der Waals surface area contributed by atoms with Crippen molar-refractivity contribution in [3.05, 3.63) is 41.2 Å². The van der Waals surface area contributed by atoms with Crippen LogP contribution in [0.5, 0.6) is 0 Å². The number of nitrogens with one attached hydrogen (secondary N) is 1. The Balaban J connectivity index is 2.03. The molecule has 0 aliphatic rings. The third-order valence-corrected chi connectivity index (χ3v) is 2.62. The Morgan fingerprint density at radius 3 is 3.00 bits per heavy atom. The normalized spacial score (nSPS) is 11.6. The van der Waals surface area contributed by atoms with E-state index >= 15 is 0 Å². The lowest BCUT2D eigenvalue weighted by molar-refractivity contribution is 0.103. The fourth-order valence-electron chi connectivity index (χ4n) is 1.51. The standard InChI is InChI=1S/C14H16ClN3O/c1-10(2)19-8-4-7-13-16-14(18-17-13)11-5-3-6-12(15)9-11/h3-7,9-10H,8H2,1-2H3,(H,16,17,18)/b7-4-. The van der Waals surface area contributed by atoms with Crippen LogP contribution in [0.1, 0.15) is 19.7 Å². The minimum atomic E-state index is 0.224. The van der Waals surface area contributed by atoms with E-state index in [-0.39, 0.29) is 6.10 Å². The number of hydrogen-bond acceptors (Lipinski definition) is 3. The van der Waals surface area contributed by atoms with E-state index < -0.39 is 0 Å². The van der Waals surface area contributed by atoms with E-state index in [1.165, 1.54) is 0 Å². The van der Waals surface area contributed by atoms with Crippen LogP contribution in [0.15, 0.2) is 30.3 Å². The molecule has 0 amide bonds. The SMILES string of the molecule is CC(C)OC/C=C\c1nc(-c2cccc(Cl)c2)n[nH]1. The molecule has 0 unspecified atom stereocenters. The maximum Gasteiger partial charge on any atom is 0.181 e. The molecule has 1 aromatic carbocycles. The molecule has 0 bridgehead atoms. The van der Waals surface area contributed by atoms with Crippen molar-refractivity contribution >= 4 is 17.7 Å². The van der Waals surface area contributed by atoms with Crippen LogP contribution in [0.2, 0.25) is 5.02 Å². The second-order valence-corrected chi connectivity index (χ2v) is 4.78. The molecular weight excluding hydrogens is 262 g/mol. The summed E-state index contributed by atoms with van der Waals surface area (Å²) in [6.45, 7) is 4.56. The molecule has 0 saturated heterocycles. The number of rotatable bonds is 5. The van der Waals surface area contributed by atoms with Gasteiger partial charge >= 0.3 is 0 Å². The molecule has 2 rings (SSSR count). The van der Waals surface area contributed by atoms with E-state index in [1.54, 1.807) is 0 Å². The largest absolute Gasteiger partial charge is 0.375 e. The molecule has 19 heavy (non-hydrogen) atoms. The fraction of sp³-hybridized carbons (Fsp3) is 0.286. The number of aromatic amines is 1. The molecular formula is C14H16ClN3O. The molecule has 0 aliphatic carbocycles. The molecule has 1 N–H and O–H groups in total. The highest BCUT2D eigenvalue weighted by atomic mass is 35.5. The summed E-state index contributed by atoms with van der Waals surface area (Å²) in [5.74, 6) is 1.33. The highest BCUT2D eigenvalue weighted by Gasteiger charge is 2.04. The molecule has 0 spiro atoms. The summed E-state index contributed by atoms with van der Waals surface area (Å²) >= 11 is 5.94. The zero-order chi connectivity index (χ0) is 13.7. The van der Waals surface area contributed by atoms with Crippen LogP contribution >= 0.6 is 11.6 Å². The predicted molar refractivity (Wildman–Crippen MR) is 77.0 cm³/mol. The van der Waals surface area contributed by atoms with Gasteiger partial charge in [-0.2, -0.15) is 5.10 Å². The quantitative estimate of drug-likeness (QED) is 0.909. The van der Waals surface area contributed by atoms with Gasteiger partial charge in [-0.3, -0.25) is 5.10 Å². The molecule has 0 aliphatic heterocycles. The Morgan fingerprint density at radius 2 is 2.26 bits per heavy atom. The fourth-order valence-corrected chi connectivity index (χ4v) is 1.70. The van der Waals surface area contributed by atoms with E-state index in [4.69, 9.17) is 16.3 Å². The van der Waals surface area contributed by atoms with Crippen LogP contribution in [0, 0.1) is 0 Å². The van der Waals surface area contributed by atoms with Crippen molar-refractivity contribution in [2.75, 3.05) is 6.61 Å². The van der Waals surface area contributed by atoms with E-state index in [0.29, 0.717) is 23.3 Å². The molecule has 0 radical (unpaired) electrons. The van der Waals surface area contributed by atoms with Crippen molar-refractivity contribution in [1.29, 1.82) is 0 Å². The third kappa shape index (κ3) is 4.19. The first kappa shape index (κ1) is 13.8. The zero-order valence-electron chi connectivity index (χ0n) is 10.9. The van der Waals surface area contributed by atoms with Crippen molar-refractivity contribution in [2.45, 2.75) is 20.0 Å². The van der Waals surface area contributed by atoms with Crippen LogP contribution in [0.3, 0.4) is 0 Å². The average Bonchev–Trinajstić information content (AvgIpc) is 2.83. The maximum atomic E-state index is 5.94. The van der Waals surface area contributed by atoms with Crippen LogP contribution in [0.25, 0.3) is 17.5 Å². The van der Waals surface area contributed by atoms with Gasteiger partial charge in [0.15, 0.2) is 5.82 Å². The Kier molecular flexibility index (Phi) is 4.71. The van der Waals surface area contributed by atoms with Gasteiger partial charge in [-0.25, -0.2) is 4.98 Å². The number of aromatic nitrogens is 3. The lowest BCUT2D eigenvalue weighted by atomic mass is 10.2. The lowest BCUT2D eigenvalue weighted by Crippen LogP contribution is -2.01. The molecule has 0 atom stereocenters. The summed E-state index contributed by atoms with van der Waals surface area (Å²) in [7, 11) is 0. The average molecular weight is 278 g/mol. The first-order valence-electron chi connectivity index (χ1n) is 6.11. The lowest BCUT2D eigenvalue weighted by Gasteiger charge is -2.02. The van der Waals surface area contributed by atoms with Gasteiger partial charge < -0.3 is 4.74 Å². The topological polar surface area (TPSA) is 50.8 Å². The van der Waals surface area contributed by atoms with Crippen molar-refractivity contribution in [3.8, 4) is 11.4 Å². The monoisotopic (exact) mass is 277 g/mol. The minimum absolute atomic E-state index is 0.224. The Morgan fingerprint density at radius 1 is 1.42 bits per heavy atom. The summed E-state index contributed by atoms with van der Waals surface area (Å²) in [6, 6.07) is 7.45. The summed E-state index contributed by atoms with van der Waals surface area (Å²) in [6.07, 6.45) is 3.98. The zero-order valence-corrected chi connectivity index (χ0v) is 11.7. The van der Waals surface area contributed by atoms with Crippen molar-refractivity contribution in [2.24, 2.45) is 0 Å². The van der Waals surface area contributed by atoms with E-state index in [1.807, 2.05) is 50.3 Å². The molecule has 2 aromatic rings. The Hall–Kier alpha value is -1.65. The van der Waals surface area contributed by atoms with Crippen molar-refractivity contribution in [1.82, 2.24) is 15.2 Å². The first-order chi connectivity index (χ1) is 9.15. The highest BCUT2D eigenvalue weighted by Crippen LogP contribution is 2.19. The third-order valence-electron chi connectivity index (χ3n) is 2.39. The van der Waals surface area contributed by atoms with E-state index in [9.17, 15) is 0 Å². The van der Waals surface area contributed by atoms with E-state index in [2.05, 4.69) is 15.2 Å². The second-order valence-electron chi connectivity index (χ2n) is 4.34. The summed E-state index contributed by atoms with van der Waals surface area (Å²) in [5, 5.41) is 7.69. The summed E-state index contributed by atoms with van der Waals surface area (Å²) in [5.41, 5.74) is 0.891. The molecule has 0 saturated carbocycles. The molecule has 5 heteroatoms. The van der Waals surface area contributed by atoms with Crippen molar-refractivity contribution < 1.29 is 4.74 Å². The van der Waals surface area contributed by atoms with Gasteiger partial charge in [0.05, 0.1) is 12.7 Å². The maximum absolute atomic E-state index is 5.94. The number of benzene rings is 1. The van der Waals surface area contributed by atoms with Crippen LogP contribution in [0.4, 0.5) is 0 Å². The smallest absolute Gasteiger partial charge is 0.181 e. The number of nitrogens with zero attached hydrogens (tertiary/aromatic N) is 2. The Bertz CT molecular complexity index is 563. The number of halogens is 1. The minimum Gasteiger partial charge on any atom is -0.375 e. The van der Waals surface area contributed by atoms with Gasteiger partial charge in [0.2, 0.25) is 0 Å². The van der Waals surface area contributed by atoms with Gasteiger partial charge in [-0.1, -0.05) is 29.8 Å². The van der Waals surface area contributed by atoms with Gasteiger partial charge in [0.25, 0.3) is 0 Å². The molecule has 1 aromatic heterocycles. The first-order valence-corrected chi connectivity index (χ1v) is 6.49. The van der Waals surface area contributed by atoms with E-state index in [0.717, 1.165) is 5.56 Å². The second kappa shape index (κ2) is 6.50. The molecule has 0 fully saturated rings. The summed E-state index contributed by atoms with van der Waals surface area (Å²) in [4.78, 5) is 4.37. The number of hydrogen-bond donors (Lipinski definition) is 1. The van der Waals surface area contributed by atoms with Gasteiger partial charge in [-0.05, 0) is 32.1 Å².